The minimum Gasteiger partial charge on any atom is -0.356 e. The van der Waals surface area contributed by atoms with Gasteiger partial charge in [-0.15, -0.1) is 11.3 Å². The topological polar surface area (TPSA) is 85.8 Å². The SMILES string of the molecule is Cc1cc(-c2cnn(CCNC(=O)c3cccnc3)c2-c2cccs2)on1. The number of nitrogens with zero attached hydrogens (tertiary/aromatic N) is 4. The van der Waals surface area contributed by atoms with E-state index in [4.69, 9.17) is 4.52 Å². The normalized spacial score (nSPS) is 10.9. The molecule has 0 saturated carbocycles. The molecule has 4 aromatic rings. The molecule has 0 unspecified atom stereocenters. The van der Waals surface area contributed by atoms with Crippen LogP contribution < -0.4 is 5.32 Å². The fourth-order valence-corrected chi connectivity index (χ4v) is 3.56. The second kappa shape index (κ2) is 7.55. The Balaban J connectivity index is 1.54. The maximum absolute atomic E-state index is 12.2. The number of amides is 1. The van der Waals surface area contributed by atoms with Crippen LogP contribution in [0.1, 0.15) is 16.1 Å². The summed E-state index contributed by atoms with van der Waals surface area (Å²) in [6.07, 6.45) is 4.96. The predicted molar refractivity (Wildman–Crippen MR) is 102 cm³/mol. The first-order valence-corrected chi connectivity index (χ1v) is 9.32. The molecule has 27 heavy (non-hydrogen) atoms. The molecule has 1 N–H and O–H groups in total. The monoisotopic (exact) mass is 379 g/mol. The summed E-state index contributed by atoms with van der Waals surface area (Å²) in [7, 11) is 0. The summed E-state index contributed by atoms with van der Waals surface area (Å²) in [5.41, 5.74) is 3.20. The van der Waals surface area contributed by atoms with Gasteiger partial charge in [0.1, 0.15) is 0 Å². The van der Waals surface area contributed by atoms with Crippen molar-refractivity contribution in [3.63, 3.8) is 0 Å². The van der Waals surface area contributed by atoms with Gasteiger partial charge in [0.15, 0.2) is 5.76 Å². The molecule has 0 aliphatic heterocycles. The van der Waals surface area contributed by atoms with Gasteiger partial charge in [0.25, 0.3) is 5.91 Å². The minimum atomic E-state index is -0.154. The Morgan fingerprint density at radius 2 is 2.22 bits per heavy atom. The highest BCUT2D eigenvalue weighted by molar-refractivity contribution is 7.13. The van der Waals surface area contributed by atoms with E-state index in [0.717, 1.165) is 21.8 Å². The van der Waals surface area contributed by atoms with Crippen molar-refractivity contribution in [1.82, 2.24) is 25.2 Å². The lowest BCUT2D eigenvalue weighted by molar-refractivity contribution is 0.0951. The number of aryl methyl sites for hydroxylation is 1. The van der Waals surface area contributed by atoms with Gasteiger partial charge in [-0.2, -0.15) is 5.10 Å². The molecule has 1 amide bonds. The molecule has 0 bridgehead atoms. The summed E-state index contributed by atoms with van der Waals surface area (Å²) < 4.78 is 7.31. The number of carbonyl (C=O) groups excluding carboxylic acids is 1. The van der Waals surface area contributed by atoms with Crippen LogP contribution in [0.25, 0.3) is 21.9 Å². The van der Waals surface area contributed by atoms with Gasteiger partial charge in [-0.1, -0.05) is 11.2 Å². The average molecular weight is 379 g/mol. The van der Waals surface area contributed by atoms with Gasteiger partial charge in [-0.3, -0.25) is 14.5 Å². The molecule has 0 aromatic carbocycles. The van der Waals surface area contributed by atoms with E-state index in [1.165, 1.54) is 0 Å². The Labute approximate surface area is 159 Å². The molecule has 8 heteroatoms. The second-order valence-electron chi connectivity index (χ2n) is 5.94. The molecule has 0 saturated heterocycles. The lowest BCUT2D eigenvalue weighted by Crippen LogP contribution is -2.27. The van der Waals surface area contributed by atoms with Crippen LogP contribution in [-0.2, 0) is 6.54 Å². The van der Waals surface area contributed by atoms with Crippen LogP contribution in [0.15, 0.2) is 58.8 Å². The van der Waals surface area contributed by atoms with Gasteiger partial charge in [-0.25, -0.2) is 0 Å². The summed E-state index contributed by atoms with van der Waals surface area (Å²) in [6, 6.07) is 9.40. The van der Waals surface area contributed by atoms with E-state index in [1.54, 1.807) is 42.1 Å². The molecule has 4 rings (SSSR count). The first-order valence-electron chi connectivity index (χ1n) is 8.44. The molecule has 0 atom stereocenters. The Hall–Kier alpha value is -3.26. The largest absolute Gasteiger partial charge is 0.356 e. The van der Waals surface area contributed by atoms with Crippen molar-refractivity contribution < 1.29 is 9.32 Å². The average Bonchev–Trinajstić information content (AvgIpc) is 3.42. The summed E-state index contributed by atoms with van der Waals surface area (Å²) in [5, 5.41) is 13.4. The second-order valence-corrected chi connectivity index (χ2v) is 6.89. The summed E-state index contributed by atoms with van der Waals surface area (Å²) in [5.74, 6) is 0.528. The molecule has 4 heterocycles. The lowest BCUT2D eigenvalue weighted by Gasteiger charge is -2.09. The maximum Gasteiger partial charge on any atom is 0.252 e. The Morgan fingerprint density at radius 3 is 2.93 bits per heavy atom. The van der Waals surface area contributed by atoms with E-state index in [1.807, 2.05) is 35.2 Å². The molecule has 136 valence electrons. The molecule has 4 aromatic heterocycles. The summed E-state index contributed by atoms with van der Waals surface area (Å²) in [6.45, 7) is 2.87. The highest BCUT2D eigenvalue weighted by Gasteiger charge is 2.18. The lowest BCUT2D eigenvalue weighted by atomic mass is 10.1. The van der Waals surface area contributed by atoms with Crippen LogP contribution in [0, 0.1) is 6.92 Å². The molecule has 0 aliphatic carbocycles. The van der Waals surface area contributed by atoms with Crippen LogP contribution in [0.4, 0.5) is 0 Å². The predicted octanol–water partition coefficient (Wildman–Crippen LogP) is 3.40. The standard InChI is InChI=1S/C19H17N5O2S/c1-13-10-16(26-23-13)15-12-22-24(18(15)17-5-3-9-27-17)8-7-21-19(25)14-4-2-6-20-11-14/h2-6,9-12H,7-8H2,1H3,(H,21,25). The number of thiophene rings is 1. The number of pyridine rings is 1. The van der Waals surface area contributed by atoms with Gasteiger partial charge in [0.2, 0.25) is 0 Å². The van der Waals surface area contributed by atoms with Gasteiger partial charge in [-0.05, 0) is 30.5 Å². The quantitative estimate of drug-likeness (QED) is 0.555. The van der Waals surface area contributed by atoms with E-state index < -0.39 is 0 Å². The number of rotatable bonds is 6. The van der Waals surface area contributed by atoms with Crippen molar-refractivity contribution >= 4 is 17.2 Å². The highest BCUT2D eigenvalue weighted by atomic mass is 32.1. The highest BCUT2D eigenvalue weighted by Crippen LogP contribution is 2.34. The van der Waals surface area contributed by atoms with E-state index in [0.29, 0.717) is 24.4 Å². The van der Waals surface area contributed by atoms with Crippen LogP contribution in [-0.4, -0.2) is 32.4 Å². The molecule has 0 radical (unpaired) electrons. The third kappa shape index (κ3) is 3.65. The van der Waals surface area contributed by atoms with Crippen molar-refractivity contribution in [2.45, 2.75) is 13.5 Å². The molecular weight excluding hydrogens is 362 g/mol. The van der Waals surface area contributed by atoms with E-state index in [2.05, 4.69) is 20.6 Å². The van der Waals surface area contributed by atoms with Gasteiger partial charge >= 0.3 is 0 Å². The zero-order chi connectivity index (χ0) is 18.6. The van der Waals surface area contributed by atoms with Crippen molar-refractivity contribution in [3.8, 4) is 21.9 Å². The first kappa shape index (κ1) is 17.2. The van der Waals surface area contributed by atoms with Crippen LogP contribution in [0.5, 0.6) is 0 Å². The van der Waals surface area contributed by atoms with Crippen molar-refractivity contribution in [1.29, 1.82) is 0 Å². The maximum atomic E-state index is 12.2. The van der Waals surface area contributed by atoms with Crippen molar-refractivity contribution in [3.05, 3.63) is 65.6 Å². The van der Waals surface area contributed by atoms with Crippen molar-refractivity contribution in [2.24, 2.45) is 0 Å². The summed E-state index contributed by atoms with van der Waals surface area (Å²) >= 11 is 1.63. The van der Waals surface area contributed by atoms with Crippen LogP contribution >= 0.6 is 11.3 Å². The van der Waals surface area contributed by atoms with Crippen molar-refractivity contribution in [2.75, 3.05) is 6.54 Å². The number of aromatic nitrogens is 4. The molecule has 0 spiro atoms. The minimum absolute atomic E-state index is 0.154. The fourth-order valence-electron chi connectivity index (χ4n) is 2.77. The third-order valence-electron chi connectivity index (χ3n) is 4.02. The molecule has 0 fully saturated rings. The first-order chi connectivity index (χ1) is 13.2. The molecule has 7 nitrogen and oxygen atoms in total. The number of nitrogens with one attached hydrogen (secondary N) is 1. The fraction of sp³-hybridized carbons (Fsp3) is 0.158. The number of hydrogen-bond acceptors (Lipinski definition) is 6. The Morgan fingerprint density at radius 1 is 1.30 bits per heavy atom. The van der Waals surface area contributed by atoms with Gasteiger partial charge < -0.3 is 9.84 Å². The smallest absolute Gasteiger partial charge is 0.252 e. The van der Waals surface area contributed by atoms with Gasteiger partial charge in [0, 0.05) is 25.0 Å². The van der Waals surface area contributed by atoms with E-state index in [-0.39, 0.29) is 5.91 Å². The van der Waals surface area contributed by atoms with Crippen LogP contribution in [0.3, 0.4) is 0 Å². The zero-order valence-electron chi connectivity index (χ0n) is 14.6. The van der Waals surface area contributed by atoms with E-state index in [9.17, 15) is 4.79 Å². The Bertz CT molecular complexity index is 1040. The van der Waals surface area contributed by atoms with Crippen LogP contribution in [0.2, 0.25) is 0 Å². The number of hydrogen-bond donors (Lipinski definition) is 1. The molecule has 0 aliphatic rings. The summed E-state index contributed by atoms with van der Waals surface area (Å²) in [4.78, 5) is 17.2. The zero-order valence-corrected chi connectivity index (χ0v) is 15.4. The molecular formula is C19H17N5O2S. The number of carbonyl (C=O) groups is 1. The Kier molecular flexibility index (Phi) is 4.80. The third-order valence-corrected chi connectivity index (χ3v) is 4.90. The van der Waals surface area contributed by atoms with Gasteiger partial charge in [0.05, 0.1) is 40.1 Å². The van der Waals surface area contributed by atoms with E-state index >= 15 is 0 Å².